The van der Waals surface area contributed by atoms with Gasteiger partial charge in [0.1, 0.15) is 11.9 Å². The largest absolute Gasteiger partial charge is 0.313 e. The minimum atomic E-state index is -3.48. The van der Waals surface area contributed by atoms with Crippen LogP contribution in [0.4, 0.5) is 4.39 Å². The molecule has 0 spiro atoms. The maximum atomic E-state index is 13.5. The zero-order chi connectivity index (χ0) is 18.9. The van der Waals surface area contributed by atoms with Crippen molar-refractivity contribution in [3.8, 4) is 0 Å². The van der Waals surface area contributed by atoms with Gasteiger partial charge in [0.25, 0.3) is 5.91 Å². The van der Waals surface area contributed by atoms with Crippen LogP contribution in [-0.4, -0.2) is 42.0 Å². The monoisotopic (exact) mass is 397 g/mol. The van der Waals surface area contributed by atoms with E-state index in [0.29, 0.717) is 29.0 Å². The molecule has 1 fully saturated rings. The van der Waals surface area contributed by atoms with Crippen LogP contribution < -0.4 is 4.80 Å². The van der Waals surface area contributed by atoms with Crippen molar-refractivity contribution < 1.29 is 17.6 Å². The van der Waals surface area contributed by atoms with Crippen molar-refractivity contribution in [2.24, 2.45) is 4.99 Å². The van der Waals surface area contributed by atoms with Gasteiger partial charge in [0, 0.05) is 13.1 Å². The Bertz CT molecular complexity index is 1020. The maximum Gasteiger partial charge on any atom is 0.266 e. The van der Waals surface area contributed by atoms with Gasteiger partial charge in [0.05, 0.1) is 16.5 Å². The number of fused-ring (bicyclic) bond motifs is 1. The summed E-state index contributed by atoms with van der Waals surface area (Å²) in [6, 6.07) is 3.61. The van der Waals surface area contributed by atoms with E-state index in [-0.39, 0.29) is 5.82 Å². The van der Waals surface area contributed by atoms with Crippen LogP contribution >= 0.6 is 11.3 Å². The number of benzene rings is 1. The van der Waals surface area contributed by atoms with E-state index in [1.54, 1.807) is 16.7 Å². The summed E-state index contributed by atoms with van der Waals surface area (Å²) in [5.74, 6) is -0.849. The highest BCUT2D eigenvalue weighted by atomic mass is 32.2. The summed E-state index contributed by atoms with van der Waals surface area (Å²) in [7, 11) is -3.48. The molecule has 1 amide bonds. The second-order valence-electron chi connectivity index (χ2n) is 6.23. The van der Waals surface area contributed by atoms with E-state index in [1.807, 2.05) is 0 Å². The van der Waals surface area contributed by atoms with Gasteiger partial charge in [-0.25, -0.2) is 12.8 Å². The Balaban J connectivity index is 2.07. The molecule has 0 bridgehead atoms. The Morgan fingerprint density at radius 2 is 2.23 bits per heavy atom. The fraction of sp³-hybridized carbons (Fsp3) is 0.412. The lowest BCUT2D eigenvalue weighted by Crippen LogP contribution is -2.47. The van der Waals surface area contributed by atoms with Crippen LogP contribution in [0, 0.1) is 5.82 Å². The van der Waals surface area contributed by atoms with Gasteiger partial charge < -0.3 is 4.57 Å². The number of aromatic nitrogens is 1. The van der Waals surface area contributed by atoms with Gasteiger partial charge in [-0.2, -0.15) is 9.30 Å². The smallest absolute Gasteiger partial charge is 0.266 e. The number of carbonyl (C=O) groups excluding carboxylic acids is 1. The molecule has 26 heavy (non-hydrogen) atoms. The summed E-state index contributed by atoms with van der Waals surface area (Å²) in [6.07, 6.45) is 4.75. The Morgan fingerprint density at radius 3 is 2.92 bits per heavy atom. The summed E-state index contributed by atoms with van der Waals surface area (Å²) >= 11 is 1.20. The van der Waals surface area contributed by atoms with Crippen molar-refractivity contribution in [1.82, 2.24) is 8.87 Å². The first-order chi connectivity index (χ1) is 12.3. The molecule has 0 N–H and O–H groups in total. The van der Waals surface area contributed by atoms with Crippen molar-refractivity contribution >= 4 is 37.5 Å². The van der Waals surface area contributed by atoms with Crippen LogP contribution in [0.3, 0.4) is 0 Å². The van der Waals surface area contributed by atoms with E-state index in [0.717, 1.165) is 24.6 Å². The van der Waals surface area contributed by atoms with Crippen molar-refractivity contribution in [1.29, 1.82) is 0 Å². The van der Waals surface area contributed by atoms with E-state index in [4.69, 9.17) is 0 Å². The van der Waals surface area contributed by atoms with Gasteiger partial charge in [0.2, 0.25) is 10.0 Å². The predicted molar refractivity (Wildman–Crippen MR) is 99.7 cm³/mol. The minimum absolute atomic E-state index is 0.328. The summed E-state index contributed by atoms with van der Waals surface area (Å²) in [5, 5.41) is 0. The molecule has 0 saturated carbocycles. The molecule has 0 aliphatic carbocycles. The van der Waals surface area contributed by atoms with Crippen LogP contribution in [0.15, 0.2) is 35.8 Å². The topological polar surface area (TPSA) is 71.7 Å². The molecule has 9 heteroatoms. The minimum Gasteiger partial charge on any atom is -0.313 e. The zero-order valence-electron chi connectivity index (χ0n) is 14.4. The predicted octanol–water partition coefficient (Wildman–Crippen LogP) is 2.27. The van der Waals surface area contributed by atoms with Crippen molar-refractivity contribution in [2.45, 2.75) is 31.8 Å². The van der Waals surface area contributed by atoms with E-state index in [2.05, 4.69) is 11.6 Å². The zero-order valence-corrected chi connectivity index (χ0v) is 16.0. The normalized spacial score (nSPS) is 19.8. The number of piperidine rings is 1. The molecule has 1 aliphatic heterocycles. The molecule has 1 atom stereocenters. The number of amides is 1. The van der Waals surface area contributed by atoms with Gasteiger partial charge in [-0.3, -0.25) is 4.79 Å². The molecular formula is C17H20FN3O3S2. The molecular weight excluding hydrogens is 377 g/mol. The summed E-state index contributed by atoms with van der Waals surface area (Å²) in [4.78, 5) is 17.4. The number of allylic oxidation sites excluding steroid dienone is 1. The van der Waals surface area contributed by atoms with Crippen LogP contribution in [0.1, 0.15) is 19.3 Å². The number of thiazole rings is 1. The highest BCUT2D eigenvalue weighted by molar-refractivity contribution is 7.88. The van der Waals surface area contributed by atoms with Crippen molar-refractivity contribution in [2.75, 3.05) is 12.8 Å². The maximum absolute atomic E-state index is 13.5. The number of rotatable bonds is 4. The summed E-state index contributed by atoms with van der Waals surface area (Å²) in [5.41, 5.74) is 0.756. The molecule has 3 rings (SSSR count). The molecule has 2 aromatic rings. The van der Waals surface area contributed by atoms with Gasteiger partial charge in [-0.1, -0.05) is 23.8 Å². The Morgan fingerprint density at radius 1 is 1.46 bits per heavy atom. The highest BCUT2D eigenvalue weighted by Crippen LogP contribution is 2.22. The third kappa shape index (κ3) is 3.79. The summed E-state index contributed by atoms with van der Waals surface area (Å²) < 4.78 is 41.1. The van der Waals surface area contributed by atoms with Crippen LogP contribution in [-0.2, 0) is 21.4 Å². The number of hydrogen-bond acceptors (Lipinski definition) is 4. The molecule has 0 radical (unpaired) electrons. The lowest BCUT2D eigenvalue weighted by molar-refractivity contribution is -0.122. The van der Waals surface area contributed by atoms with Gasteiger partial charge in [-0.05, 0) is 31.0 Å². The first kappa shape index (κ1) is 18.9. The fourth-order valence-electron chi connectivity index (χ4n) is 3.16. The van der Waals surface area contributed by atoms with E-state index >= 15 is 0 Å². The van der Waals surface area contributed by atoms with Crippen molar-refractivity contribution in [3.05, 3.63) is 41.5 Å². The molecule has 1 unspecified atom stereocenters. The number of hydrogen-bond donors (Lipinski definition) is 0. The SMILES string of the molecule is C=CCn1c(=NC(=O)C2CCCCN2S(C)(=O)=O)sc2cc(F)ccc21. The number of halogens is 1. The average Bonchev–Trinajstić information content (AvgIpc) is 2.91. The van der Waals surface area contributed by atoms with Gasteiger partial charge in [0.15, 0.2) is 4.80 Å². The molecule has 140 valence electrons. The third-order valence-corrected chi connectivity index (χ3v) is 6.66. The third-order valence-electron chi connectivity index (χ3n) is 4.33. The number of carbonyl (C=O) groups is 1. The van der Waals surface area contributed by atoms with Crippen LogP contribution in [0.2, 0.25) is 0 Å². The molecule has 1 aromatic carbocycles. The Kier molecular flexibility index (Phi) is 5.40. The standard InChI is InChI=1S/C17H20FN3O3S2/c1-3-9-20-13-8-7-12(18)11-15(13)25-17(20)19-16(22)14-6-4-5-10-21(14)26(2,23)24/h3,7-8,11,14H,1,4-6,9-10H2,2H3. The van der Waals surface area contributed by atoms with Gasteiger partial charge >= 0.3 is 0 Å². The first-order valence-corrected chi connectivity index (χ1v) is 10.9. The van der Waals surface area contributed by atoms with E-state index in [1.165, 1.54) is 27.8 Å². The fourth-order valence-corrected chi connectivity index (χ4v) is 5.34. The molecule has 6 nitrogen and oxygen atoms in total. The summed E-state index contributed by atoms with van der Waals surface area (Å²) in [6.45, 7) is 4.45. The van der Waals surface area contributed by atoms with Crippen LogP contribution in [0.25, 0.3) is 10.2 Å². The Labute approximate surface area is 155 Å². The second-order valence-corrected chi connectivity index (χ2v) is 9.18. The Hall–Kier alpha value is -1.84. The molecule has 1 saturated heterocycles. The molecule has 2 heterocycles. The number of sulfonamides is 1. The highest BCUT2D eigenvalue weighted by Gasteiger charge is 2.34. The van der Waals surface area contributed by atoms with Gasteiger partial charge in [-0.15, -0.1) is 6.58 Å². The quantitative estimate of drug-likeness (QED) is 0.743. The van der Waals surface area contributed by atoms with E-state index in [9.17, 15) is 17.6 Å². The molecule has 1 aromatic heterocycles. The second kappa shape index (κ2) is 7.42. The lowest BCUT2D eigenvalue weighted by Gasteiger charge is -2.31. The number of nitrogens with zero attached hydrogens (tertiary/aromatic N) is 3. The lowest BCUT2D eigenvalue weighted by atomic mass is 10.0. The average molecular weight is 397 g/mol. The first-order valence-electron chi connectivity index (χ1n) is 8.26. The van der Waals surface area contributed by atoms with E-state index < -0.39 is 22.0 Å². The van der Waals surface area contributed by atoms with Crippen LogP contribution in [0.5, 0.6) is 0 Å². The molecule has 1 aliphatic rings. The van der Waals surface area contributed by atoms with Crippen molar-refractivity contribution in [3.63, 3.8) is 0 Å².